The summed E-state index contributed by atoms with van der Waals surface area (Å²) in [5, 5.41) is 5.85. The lowest BCUT2D eigenvalue weighted by molar-refractivity contribution is -0.156. The molecule has 4 atom stereocenters. The summed E-state index contributed by atoms with van der Waals surface area (Å²) < 4.78 is 0. The number of carbonyl (C=O) groups is 3. The second-order valence-corrected chi connectivity index (χ2v) is 7.38. The summed E-state index contributed by atoms with van der Waals surface area (Å²) in [6, 6.07) is 8.43. The van der Waals surface area contributed by atoms with Crippen molar-refractivity contribution in [1.29, 1.82) is 0 Å². The number of benzene rings is 1. The average molecular weight is 356 g/mol. The van der Waals surface area contributed by atoms with E-state index in [-0.39, 0.29) is 36.0 Å². The van der Waals surface area contributed by atoms with Gasteiger partial charge in [-0.3, -0.25) is 9.59 Å². The third kappa shape index (κ3) is 2.91. The van der Waals surface area contributed by atoms with Crippen molar-refractivity contribution in [1.82, 2.24) is 20.4 Å². The van der Waals surface area contributed by atoms with Gasteiger partial charge in [-0.15, -0.1) is 0 Å². The molecular weight excluding hydrogens is 332 g/mol. The third-order valence-corrected chi connectivity index (χ3v) is 5.67. The van der Waals surface area contributed by atoms with Crippen LogP contribution in [0.15, 0.2) is 30.3 Å². The van der Waals surface area contributed by atoms with Crippen LogP contribution in [0.5, 0.6) is 0 Å². The van der Waals surface area contributed by atoms with Gasteiger partial charge in [-0.1, -0.05) is 30.3 Å². The zero-order valence-electron chi connectivity index (χ0n) is 14.9. The van der Waals surface area contributed by atoms with Crippen LogP contribution in [0, 0.1) is 0 Å². The summed E-state index contributed by atoms with van der Waals surface area (Å²) in [5.74, 6) is 0.0731. The van der Waals surface area contributed by atoms with Crippen molar-refractivity contribution in [3.05, 3.63) is 35.9 Å². The van der Waals surface area contributed by atoms with Gasteiger partial charge in [0.1, 0.15) is 12.1 Å². The number of piperazine rings is 1. The average Bonchev–Trinajstić information content (AvgIpc) is 3.28. The molecule has 7 nitrogen and oxygen atoms in total. The molecule has 0 spiro atoms. The summed E-state index contributed by atoms with van der Waals surface area (Å²) in [4.78, 5) is 41.0. The van der Waals surface area contributed by atoms with E-state index in [0.717, 1.165) is 18.4 Å². The van der Waals surface area contributed by atoms with Crippen LogP contribution in [0.3, 0.4) is 0 Å². The molecule has 26 heavy (non-hydrogen) atoms. The van der Waals surface area contributed by atoms with Crippen molar-refractivity contribution in [2.24, 2.45) is 0 Å². The van der Waals surface area contributed by atoms with E-state index in [1.54, 1.807) is 9.80 Å². The molecule has 4 amide bonds. The molecular formula is C19H24N4O3. The lowest BCUT2D eigenvalue weighted by Crippen LogP contribution is -2.60. The predicted octanol–water partition coefficient (Wildman–Crippen LogP) is 1.02. The largest absolute Gasteiger partial charge is 0.334 e. The van der Waals surface area contributed by atoms with E-state index < -0.39 is 6.04 Å². The Bertz CT molecular complexity index is 693. The van der Waals surface area contributed by atoms with E-state index in [2.05, 4.69) is 10.6 Å². The minimum absolute atomic E-state index is 0.0365. The van der Waals surface area contributed by atoms with E-state index >= 15 is 0 Å². The molecule has 4 rings (SSSR count). The molecule has 2 N–H and O–H groups in total. The SMILES string of the molecule is C[C@@H](NC(=O)N[C@H]1C[C@H]2C(=O)N3CCC[C@H]3C(=O)N2C1)c1ccccc1. The Labute approximate surface area is 152 Å². The van der Waals surface area contributed by atoms with Crippen LogP contribution in [-0.2, 0) is 9.59 Å². The van der Waals surface area contributed by atoms with Crippen LogP contribution in [0.2, 0.25) is 0 Å². The van der Waals surface area contributed by atoms with Gasteiger partial charge < -0.3 is 20.4 Å². The molecule has 3 aliphatic rings. The van der Waals surface area contributed by atoms with Gasteiger partial charge in [0.25, 0.3) is 0 Å². The van der Waals surface area contributed by atoms with Crippen LogP contribution in [0.4, 0.5) is 4.79 Å². The first-order valence-corrected chi connectivity index (χ1v) is 9.27. The number of nitrogens with zero attached hydrogens (tertiary/aromatic N) is 2. The zero-order valence-corrected chi connectivity index (χ0v) is 14.9. The molecule has 0 aliphatic carbocycles. The number of amides is 4. The minimum Gasteiger partial charge on any atom is -0.334 e. The van der Waals surface area contributed by atoms with Crippen molar-refractivity contribution >= 4 is 17.8 Å². The van der Waals surface area contributed by atoms with Crippen LogP contribution in [-0.4, -0.2) is 58.9 Å². The number of carbonyl (C=O) groups excluding carboxylic acids is 3. The maximum Gasteiger partial charge on any atom is 0.315 e. The summed E-state index contributed by atoms with van der Waals surface area (Å²) in [6.45, 7) is 3.01. The fourth-order valence-corrected chi connectivity index (χ4v) is 4.34. The van der Waals surface area contributed by atoms with Gasteiger partial charge in [0.2, 0.25) is 11.8 Å². The molecule has 3 heterocycles. The van der Waals surface area contributed by atoms with Crippen LogP contribution < -0.4 is 10.6 Å². The normalized spacial score (nSPS) is 28.6. The third-order valence-electron chi connectivity index (χ3n) is 5.67. The highest BCUT2D eigenvalue weighted by atomic mass is 16.2. The Morgan fingerprint density at radius 1 is 1.12 bits per heavy atom. The maximum absolute atomic E-state index is 12.6. The van der Waals surface area contributed by atoms with Gasteiger partial charge in [-0.05, 0) is 31.7 Å². The number of fused-ring (bicyclic) bond motifs is 2. The molecule has 0 unspecified atom stereocenters. The molecule has 0 aromatic heterocycles. The topological polar surface area (TPSA) is 81.8 Å². The van der Waals surface area contributed by atoms with E-state index in [9.17, 15) is 14.4 Å². The van der Waals surface area contributed by atoms with Gasteiger partial charge >= 0.3 is 6.03 Å². The van der Waals surface area contributed by atoms with Crippen molar-refractivity contribution in [3.8, 4) is 0 Å². The molecule has 1 aromatic carbocycles. The molecule has 3 aliphatic heterocycles. The van der Waals surface area contributed by atoms with Crippen molar-refractivity contribution in [3.63, 3.8) is 0 Å². The lowest BCUT2D eigenvalue weighted by Gasteiger charge is -2.38. The molecule has 3 saturated heterocycles. The van der Waals surface area contributed by atoms with Crippen molar-refractivity contribution in [2.75, 3.05) is 13.1 Å². The van der Waals surface area contributed by atoms with Crippen LogP contribution in [0.25, 0.3) is 0 Å². The van der Waals surface area contributed by atoms with E-state index in [0.29, 0.717) is 19.5 Å². The quantitative estimate of drug-likeness (QED) is 0.848. The summed E-state index contributed by atoms with van der Waals surface area (Å²) >= 11 is 0. The number of rotatable bonds is 3. The summed E-state index contributed by atoms with van der Waals surface area (Å²) in [7, 11) is 0. The Morgan fingerprint density at radius 3 is 2.62 bits per heavy atom. The molecule has 0 radical (unpaired) electrons. The molecule has 3 fully saturated rings. The van der Waals surface area contributed by atoms with Crippen LogP contribution >= 0.6 is 0 Å². The first-order chi connectivity index (χ1) is 12.5. The Balaban J connectivity index is 1.36. The Kier molecular flexibility index (Phi) is 4.30. The number of nitrogens with one attached hydrogen (secondary N) is 2. The Morgan fingerprint density at radius 2 is 1.85 bits per heavy atom. The maximum atomic E-state index is 12.6. The number of hydrogen-bond acceptors (Lipinski definition) is 3. The second-order valence-electron chi connectivity index (χ2n) is 7.38. The zero-order chi connectivity index (χ0) is 18.3. The smallest absolute Gasteiger partial charge is 0.315 e. The monoisotopic (exact) mass is 356 g/mol. The van der Waals surface area contributed by atoms with E-state index in [1.165, 1.54) is 0 Å². The highest BCUT2D eigenvalue weighted by molar-refractivity contribution is 5.98. The van der Waals surface area contributed by atoms with E-state index in [4.69, 9.17) is 0 Å². The van der Waals surface area contributed by atoms with Crippen molar-refractivity contribution < 1.29 is 14.4 Å². The molecule has 0 bridgehead atoms. The fourth-order valence-electron chi connectivity index (χ4n) is 4.34. The van der Waals surface area contributed by atoms with Gasteiger partial charge in [0, 0.05) is 13.1 Å². The number of hydrogen-bond donors (Lipinski definition) is 2. The standard InChI is InChI=1S/C19H24N4O3/c1-12(13-6-3-2-4-7-13)20-19(26)21-14-10-16-18(25)22-9-5-8-15(22)17(24)23(16)11-14/h2-4,6-7,12,14-16H,5,8-11H2,1H3,(H2,20,21,26)/t12-,14+,15+,16+/m1/s1. The molecule has 7 heteroatoms. The van der Waals surface area contributed by atoms with Crippen LogP contribution in [0.1, 0.15) is 37.8 Å². The van der Waals surface area contributed by atoms with Gasteiger partial charge in [0.15, 0.2) is 0 Å². The predicted molar refractivity (Wildman–Crippen MR) is 95.2 cm³/mol. The molecule has 1 aromatic rings. The fraction of sp³-hybridized carbons (Fsp3) is 0.526. The first-order valence-electron chi connectivity index (χ1n) is 9.27. The Hall–Kier alpha value is -2.57. The molecule has 138 valence electrons. The molecule has 0 saturated carbocycles. The second kappa shape index (κ2) is 6.63. The van der Waals surface area contributed by atoms with Gasteiger partial charge in [0.05, 0.1) is 12.1 Å². The summed E-state index contributed by atoms with van der Waals surface area (Å²) in [5.41, 5.74) is 1.03. The highest BCUT2D eigenvalue weighted by Crippen LogP contribution is 2.32. The van der Waals surface area contributed by atoms with Gasteiger partial charge in [-0.2, -0.15) is 0 Å². The number of urea groups is 1. The first kappa shape index (κ1) is 16.9. The lowest BCUT2D eigenvalue weighted by atomic mass is 10.1. The van der Waals surface area contributed by atoms with E-state index in [1.807, 2.05) is 37.3 Å². The minimum atomic E-state index is -0.423. The summed E-state index contributed by atoms with van der Waals surface area (Å²) in [6.07, 6.45) is 2.13. The highest BCUT2D eigenvalue weighted by Gasteiger charge is 2.51. The van der Waals surface area contributed by atoms with Crippen molar-refractivity contribution in [2.45, 2.75) is 50.4 Å². The van der Waals surface area contributed by atoms with Gasteiger partial charge in [-0.25, -0.2) is 4.79 Å².